The summed E-state index contributed by atoms with van der Waals surface area (Å²) in [6.07, 6.45) is 4.21. The van der Waals surface area contributed by atoms with Crippen LogP contribution < -0.4 is 16.2 Å². The van der Waals surface area contributed by atoms with Crippen LogP contribution in [0.2, 0.25) is 0 Å². The number of nitrogens with one attached hydrogen (secondary N) is 1. The molecule has 0 aliphatic heterocycles. The van der Waals surface area contributed by atoms with Crippen molar-refractivity contribution < 1.29 is 13.2 Å². The Labute approximate surface area is 137 Å². The molecule has 22 heavy (non-hydrogen) atoms. The SMILES string of the molecule is CCC(N)(CC)CNC(=O)CCn1cc(S(N)(=O)=O)cn1.Cl. The molecule has 0 atom stereocenters. The normalized spacial score (nSPS) is 11.8. The second kappa shape index (κ2) is 8.47. The van der Waals surface area contributed by atoms with Gasteiger partial charge in [0, 0.05) is 31.2 Å². The number of aromatic nitrogens is 2. The highest BCUT2D eigenvalue weighted by Gasteiger charge is 2.20. The quantitative estimate of drug-likeness (QED) is 0.603. The number of nitrogens with zero attached hydrogens (tertiary/aromatic N) is 2. The summed E-state index contributed by atoms with van der Waals surface area (Å²) in [5.41, 5.74) is 5.70. The number of amides is 1. The summed E-state index contributed by atoms with van der Waals surface area (Å²) >= 11 is 0. The number of aryl methyl sites for hydroxylation is 1. The first-order valence-corrected chi connectivity index (χ1v) is 8.35. The van der Waals surface area contributed by atoms with E-state index in [9.17, 15) is 13.2 Å². The number of primary sulfonamides is 1. The van der Waals surface area contributed by atoms with Gasteiger partial charge in [-0.1, -0.05) is 13.8 Å². The summed E-state index contributed by atoms with van der Waals surface area (Å²) in [6.45, 7) is 4.65. The zero-order valence-corrected chi connectivity index (χ0v) is 14.4. The van der Waals surface area contributed by atoms with Gasteiger partial charge in [-0.2, -0.15) is 5.10 Å². The molecule has 0 saturated heterocycles. The molecular weight excluding hydrogens is 330 g/mol. The third-order valence-electron chi connectivity index (χ3n) is 3.55. The van der Waals surface area contributed by atoms with Crippen molar-refractivity contribution in [2.75, 3.05) is 6.54 Å². The maximum Gasteiger partial charge on any atom is 0.241 e. The number of carbonyl (C=O) groups is 1. The minimum Gasteiger partial charge on any atom is -0.354 e. The number of sulfonamides is 1. The average Bonchev–Trinajstić information content (AvgIpc) is 2.91. The van der Waals surface area contributed by atoms with E-state index in [-0.39, 0.29) is 41.7 Å². The molecule has 1 rings (SSSR count). The van der Waals surface area contributed by atoms with E-state index >= 15 is 0 Å². The molecule has 128 valence electrons. The van der Waals surface area contributed by atoms with Crippen LogP contribution in [0, 0.1) is 0 Å². The van der Waals surface area contributed by atoms with Gasteiger partial charge in [0.15, 0.2) is 0 Å². The van der Waals surface area contributed by atoms with Gasteiger partial charge in [0.2, 0.25) is 15.9 Å². The van der Waals surface area contributed by atoms with Crippen molar-refractivity contribution in [1.82, 2.24) is 15.1 Å². The maximum absolute atomic E-state index is 11.7. The molecule has 0 aliphatic carbocycles. The summed E-state index contributed by atoms with van der Waals surface area (Å²) < 4.78 is 23.6. The second-order valence-corrected chi connectivity index (χ2v) is 6.64. The Morgan fingerprint density at radius 3 is 2.45 bits per heavy atom. The van der Waals surface area contributed by atoms with Crippen molar-refractivity contribution in [3.63, 3.8) is 0 Å². The van der Waals surface area contributed by atoms with E-state index in [1.807, 2.05) is 13.8 Å². The van der Waals surface area contributed by atoms with Gasteiger partial charge < -0.3 is 11.1 Å². The third-order valence-corrected chi connectivity index (χ3v) is 4.42. The lowest BCUT2D eigenvalue weighted by atomic mass is 9.94. The fraction of sp³-hybridized carbons (Fsp3) is 0.667. The number of nitrogens with two attached hydrogens (primary N) is 2. The molecule has 1 amide bonds. The van der Waals surface area contributed by atoms with Crippen LogP contribution in [0.5, 0.6) is 0 Å². The maximum atomic E-state index is 11.7. The lowest BCUT2D eigenvalue weighted by Crippen LogP contribution is -2.49. The minimum atomic E-state index is -3.76. The van der Waals surface area contributed by atoms with E-state index in [0.29, 0.717) is 6.54 Å². The van der Waals surface area contributed by atoms with Gasteiger partial charge in [-0.3, -0.25) is 9.48 Å². The summed E-state index contributed by atoms with van der Waals surface area (Å²) in [5, 5.41) is 11.6. The van der Waals surface area contributed by atoms with Gasteiger partial charge in [-0.05, 0) is 12.8 Å². The van der Waals surface area contributed by atoms with E-state index in [1.165, 1.54) is 10.9 Å². The van der Waals surface area contributed by atoms with Crippen molar-refractivity contribution in [1.29, 1.82) is 0 Å². The molecule has 1 aromatic rings. The first-order valence-electron chi connectivity index (χ1n) is 6.81. The molecule has 0 spiro atoms. The number of hydrogen-bond donors (Lipinski definition) is 3. The van der Waals surface area contributed by atoms with Crippen LogP contribution in [0.25, 0.3) is 0 Å². The van der Waals surface area contributed by atoms with Crippen LogP contribution in [0.3, 0.4) is 0 Å². The number of carbonyl (C=O) groups excluding carboxylic acids is 1. The van der Waals surface area contributed by atoms with Crippen LogP contribution in [0.1, 0.15) is 33.1 Å². The molecule has 0 aromatic carbocycles. The van der Waals surface area contributed by atoms with Gasteiger partial charge in [0.1, 0.15) is 4.90 Å². The van der Waals surface area contributed by atoms with E-state index in [0.717, 1.165) is 19.0 Å². The van der Waals surface area contributed by atoms with Crippen LogP contribution in [-0.4, -0.2) is 36.2 Å². The minimum absolute atomic E-state index is 0. The highest BCUT2D eigenvalue weighted by atomic mass is 35.5. The van der Waals surface area contributed by atoms with Gasteiger partial charge in [0.25, 0.3) is 0 Å². The zero-order valence-electron chi connectivity index (χ0n) is 12.8. The lowest BCUT2D eigenvalue weighted by Gasteiger charge is -2.26. The van der Waals surface area contributed by atoms with Gasteiger partial charge in [0.05, 0.1) is 6.20 Å². The molecule has 0 fully saturated rings. The Bertz CT molecular complexity index is 583. The van der Waals surface area contributed by atoms with Gasteiger partial charge in [-0.25, -0.2) is 13.6 Å². The molecular formula is C12H24ClN5O3S. The zero-order chi connectivity index (χ0) is 16.1. The Hall–Kier alpha value is -1.16. The number of rotatable bonds is 8. The van der Waals surface area contributed by atoms with Gasteiger partial charge in [-0.15, -0.1) is 12.4 Å². The van der Waals surface area contributed by atoms with Gasteiger partial charge >= 0.3 is 0 Å². The molecule has 0 saturated carbocycles. The fourth-order valence-corrected chi connectivity index (χ4v) is 2.16. The molecule has 1 heterocycles. The summed E-state index contributed by atoms with van der Waals surface area (Å²) in [4.78, 5) is 11.7. The number of halogens is 1. The van der Waals surface area contributed by atoms with E-state index < -0.39 is 10.0 Å². The van der Waals surface area contributed by atoms with Crippen molar-refractivity contribution in [3.05, 3.63) is 12.4 Å². The first-order chi connectivity index (χ1) is 9.70. The second-order valence-electron chi connectivity index (χ2n) is 5.08. The summed E-state index contributed by atoms with van der Waals surface area (Å²) in [7, 11) is -3.76. The number of hydrogen-bond acceptors (Lipinski definition) is 5. The lowest BCUT2D eigenvalue weighted by molar-refractivity contribution is -0.121. The Kier molecular flexibility index (Phi) is 8.02. The molecule has 0 aliphatic rings. The largest absolute Gasteiger partial charge is 0.354 e. The first kappa shape index (κ1) is 20.8. The topological polar surface area (TPSA) is 133 Å². The highest BCUT2D eigenvalue weighted by Crippen LogP contribution is 2.09. The fourth-order valence-electron chi connectivity index (χ4n) is 1.69. The molecule has 0 unspecified atom stereocenters. The Morgan fingerprint density at radius 2 is 2.00 bits per heavy atom. The van der Waals surface area contributed by atoms with Crippen LogP contribution in [-0.2, 0) is 21.4 Å². The molecule has 0 bridgehead atoms. The molecule has 5 N–H and O–H groups in total. The Morgan fingerprint density at radius 1 is 1.41 bits per heavy atom. The molecule has 1 aromatic heterocycles. The molecule has 0 radical (unpaired) electrons. The predicted octanol–water partition coefficient (Wildman–Crippen LogP) is -0.0239. The average molecular weight is 354 g/mol. The smallest absolute Gasteiger partial charge is 0.241 e. The van der Waals surface area contributed by atoms with E-state index in [1.54, 1.807) is 0 Å². The van der Waals surface area contributed by atoms with Crippen molar-refractivity contribution in [2.45, 2.75) is 50.1 Å². The van der Waals surface area contributed by atoms with Crippen LogP contribution in [0.4, 0.5) is 0 Å². The summed E-state index contributed by atoms with van der Waals surface area (Å²) in [6, 6.07) is 0. The summed E-state index contributed by atoms with van der Waals surface area (Å²) in [5.74, 6) is -0.153. The molecule has 10 heteroatoms. The van der Waals surface area contributed by atoms with E-state index in [2.05, 4.69) is 10.4 Å². The predicted molar refractivity (Wildman–Crippen MR) is 86.0 cm³/mol. The van der Waals surface area contributed by atoms with Crippen LogP contribution >= 0.6 is 12.4 Å². The molecule has 8 nitrogen and oxygen atoms in total. The van der Waals surface area contributed by atoms with Crippen LogP contribution in [0.15, 0.2) is 17.3 Å². The third kappa shape index (κ3) is 6.30. The monoisotopic (exact) mass is 353 g/mol. The Balaban J connectivity index is 0.00000441. The van der Waals surface area contributed by atoms with Crippen molar-refractivity contribution >= 4 is 28.3 Å². The van der Waals surface area contributed by atoms with Crippen molar-refractivity contribution in [2.24, 2.45) is 10.9 Å². The van der Waals surface area contributed by atoms with E-state index in [4.69, 9.17) is 10.9 Å². The van der Waals surface area contributed by atoms with Crippen molar-refractivity contribution in [3.8, 4) is 0 Å². The highest BCUT2D eigenvalue weighted by molar-refractivity contribution is 7.89. The standard InChI is InChI=1S/C12H23N5O3S.ClH/c1-3-12(13,4-2)9-15-11(18)5-6-17-8-10(7-16-17)21(14,19)20;/h7-8H,3-6,9,13H2,1-2H3,(H,15,18)(H2,14,19,20);1H.